The van der Waals surface area contributed by atoms with Crippen molar-refractivity contribution in [3.05, 3.63) is 0 Å². The minimum atomic E-state index is -1.09. The topological polar surface area (TPSA) is 104 Å². The molecule has 0 bridgehead atoms. The van der Waals surface area contributed by atoms with Crippen LogP contribution in [0.1, 0.15) is 39.0 Å². The number of unbranched alkanes of at least 4 members (excludes halogenated alkanes) is 3. The van der Waals surface area contributed by atoms with Crippen molar-refractivity contribution in [2.75, 3.05) is 19.7 Å². The Morgan fingerprint density at radius 2 is 1.89 bits per heavy atom. The molecular formula is C12H24N2O4. The highest BCUT2D eigenvalue weighted by Crippen LogP contribution is 2.04. The predicted molar refractivity (Wildman–Crippen MR) is 68.0 cm³/mol. The number of carbonyl (C=O) groups is 2. The lowest BCUT2D eigenvalue weighted by Crippen LogP contribution is -2.46. The Morgan fingerprint density at radius 3 is 2.39 bits per heavy atom. The van der Waals surface area contributed by atoms with Crippen molar-refractivity contribution < 1.29 is 19.8 Å². The lowest BCUT2D eigenvalue weighted by molar-refractivity contribution is -0.142. The highest BCUT2D eigenvalue weighted by atomic mass is 16.4. The van der Waals surface area contributed by atoms with E-state index in [1.54, 1.807) is 0 Å². The molecule has 18 heavy (non-hydrogen) atoms. The van der Waals surface area contributed by atoms with Gasteiger partial charge in [0.1, 0.15) is 0 Å². The minimum absolute atomic E-state index is 0.140. The first-order chi connectivity index (χ1) is 8.52. The summed E-state index contributed by atoms with van der Waals surface area (Å²) < 4.78 is 0. The standard InChI is InChI=1S/C12H24N2O4/c1-2-3-4-5-6-14(7-8-15)12(18)10(13)9-11(16)17/h10,15H,2-9,13H2,1H3,(H,16,17). The van der Waals surface area contributed by atoms with Crippen LogP contribution >= 0.6 is 0 Å². The molecule has 6 heteroatoms. The van der Waals surface area contributed by atoms with E-state index in [9.17, 15) is 9.59 Å². The first-order valence-corrected chi connectivity index (χ1v) is 6.40. The fourth-order valence-corrected chi connectivity index (χ4v) is 1.69. The molecule has 0 spiro atoms. The van der Waals surface area contributed by atoms with Gasteiger partial charge in [0.15, 0.2) is 0 Å². The van der Waals surface area contributed by atoms with Crippen LogP contribution in [0.25, 0.3) is 0 Å². The van der Waals surface area contributed by atoms with Crippen molar-refractivity contribution in [2.24, 2.45) is 5.73 Å². The van der Waals surface area contributed by atoms with Gasteiger partial charge >= 0.3 is 5.97 Å². The molecule has 0 saturated carbocycles. The van der Waals surface area contributed by atoms with E-state index in [4.69, 9.17) is 15.9 Å². The van der Waals surface area contributed by atoms with E-state index in [0.717, 1.165) is 25.7 Å². The van der Waals surface area contributed by atoms with Crippen LogP contribution in [0.4, 0.5) is 0 Å². The number of amides is 1. The third-order valence-corrected chi connectivity index (χ3v) is 2.67. The van der Waals surface area contributed by atoms with Crippen LogP contribution in [0.2, 0.25) is 0 Å². The zero-order chi connectivity index (χ0) is 14.0. The summed E-state index contributed by atoms with van der Waals surface area (Å²) in [6.07, 6.45) is 3.68. The molecule has 106 valence electrons. The molecule has 6 nitrogen and oxygen atoms in total. The molecule has 0 aromatic heterocycles. The van der Waals surface area contributed by atoms with Gasteiger partial charge in [0.2, 0.25) is 5.91 Å². The Morgan fingerprint density at radius 1 is 1.22 bits per heavy atom. The number of nitrogens with zero attached hydrogens (tertiary/aromatic N) is 1. The van der Waals surface area contributed by atoms with Gasteiger partial charge in [-0.15, -0.1) is 0 Å². The Kier molecular flexibility index (Phi) is 9.22. The molecule has 0 fully saturated rings. The average Bonchev–Trinajstić information content (AvgIpc) is 2.31. The number of aliphatic hydroxyl groups excluding tert-OH is 1. The second kappa shape index (κ2) is 9.85. The smallest absolute Gasteiger partial charge is 0.305 e. The van der Waals surface area contributed by atoms with Gasteiger partial charge in [-0.1, -0.05) is 26.2 Å². The van der Waals surface area contributed by atoms with Crippen LogP contribution in [0.3, 0.4) is 0 Å². The van der Waals surface area contributed by atoms with Gasteiger partial charge in [-0.05, 0) is 6.42 Å². The summed E-state index contributed by atoms with van der Waals surface area (Å²) in [6.45, 7) is 2.68. The minimum Gasteiger partial charge on any atom is -0.481 e. The first kappa shape index (κ1) is 16.9. The van der Waals surface area contributed by atoms with Gasteiger partial charge in [-0.25, -0.2) is 0 Å². The fourth-order valence-electron chi connectivity index (χ4n) is 1.69. The van der Waals surface area contributed by atoms with Gasteiger partial charge in [0, 0.05) is 13.1 Å². The van der Waals surface area contributed by atoms with Crippen LogP contribution < -0.4 is 5.73 Å². The number of carbonyl (C=O) groups excluding carboxylic acids is 1. The lowest BCUT2D eigenvalue weighted by Gasteiger charge is -2.24. The summed E-state index contributed by atoms with van der Waals surface area (Å²) in [6, 6.07) is -1.03. The molecule has 0 saturated heterocycles. The average molecular weight is 260 g/mol. The highest BCUT2D eigenvalue weighted by molar-refractivity contribution is 5.85. The molecule has 0 aliphatic rings. The monoisotopic (exact) mass is 260 g/mol. The number of nitrogens with two attached hydrogens (primary N) is 1. The van der Waals surface area contributed by atoms with Crippen LogP contribution in [-0.4, -0.2) is 52.7 Å². The maximum atomic E-state index is 11.9. The maximum Gasteiger partial charge on any atom is 0.305 e. The molecule has 0 rings (SSSR count). The lowest BCUT2D eigenvalue weighted by atomic mass is 10.1. The van der Waals surface area contributed by atoms with Gasteiger partial charge < -0.3 is 20.8 Å². The Hall–Kier alpha value is -1.14. The van der Waals surface area contributed by atoms with Crippen molar-refractivity contribution in [3.63, 3.8) is 0 Å². The van der Waals surface area contributed by atoms with Gasteiger partial charge in [0.05, 0.1) is 19.1 Å². The number of aliphatic carboxylic acids is 1. The quantitative estimate of drug-likeness (QED) is 0.486. The molecule has 4 N–H and O–H groups in total. The van der Waals surface area contributed by atoms with E-state index in [2.05, 4.69) is 6.92 Å². The number of rotatable bonds is 10. The fraction of sp³-hybridized carbons (Fsp3) is 0.833. The second-order valence-electron chi connectivity index (χ2n) is 4.31. The second-order valence-corrected chi connectivity index (χ2v) is 4.31. The van der Waals surface area contributed by atoms with Crippen molar-refractivity contribution in [3.8, 4) is 0 Å². The Labute approximate surface area is 108 Å². The van der Waals surface area contributed by atoms with Crippen molar-refractivity contribution >= 4 is 11.9 Å². The van der Waals surface area contributed by atoms with E-state index in [1.165, 1.54) is 4.90 Å². The molecule has 0 aliphatic carbocycles. The van der Waals surface area contributed by atoms with E-state index in [0.29, 0.717) is 6.54 Å². The predicted octanol–water partition coefficient (Wildman–Crippen LogP) is 0.190. The molecule has 0 aliphatic heterocycles. The van der Waals surface area contributed by atoms with Crippen molar-refractivity contribution in [1.82, 2.24) is 4.90 Å². The van der Waals surface area contributed by atoms with Gasteiger partial charge in [0.25, 0.3) is 0 Å². The summed E-state index contributed by atoms with van der Waals surface area (Å²) in [5.41, 5.74) is 5.53. The maximum absolute atomic E-state index is 11.9. The van der Waals surface area contributed by atoms with Gasteiger partial charge in [-0.3, -0.25) is 9.59 Å². The molecule has 0 aromatic rings. The van der Waals surface area contributed by atoms with E-state index >= 15 is 0 Å². The van der Waals surface area contributed by atoms with Crippen molar-refractivity contribution in [1.29, 1.82) is 0 Å². The highest BCUT2D eigenvalue weighted by Gasteiger charge is 2.22. The van der Waals surface area contributed by atoms with Crippen molar-refractivity contribution in [2.45, 2.75) is 45.1 Å². The largest absolute Gasteiger partial charge is 0.481 e. The van der Waals surface area contributed by atoms with E-state index < -0.39 is 17.9 Å². The SMILES string of the molecule is CCCCCCN(CCO)C(=O)C(N)CC(=O)O. The molecule has 1 unspecified atom stereocenters. The molecule has 0 radical (unpaired) electrons. The number of carboxylic acid groups (broad SMARTS) is 1. The Balaban J connectivity index is 4.20. The van der Waals surface area contributed by atoms with Crippen LogP contribution in [-0.2, 0) is 9.59 Å². The zero-order valence-corrected chi connectivity index (χ0v) is 11.0. The first-order valence-electron chi connectivity index (χ1n) is 6.40. The molecular weight excluding hydrogens is 236 g/mol. The number of hydrogen-bond donors (Lipinski definition) is 3. The summed E-state index contributed by atoms with van der Waals surface area (Å²) in [4.78, 5) is 23.8. The zero-order valence-electron chi connectivity index (χ0n) is 11.0. The summed E-state index contributed by atoms with van der Waals surface area (Å²) in [5.74, 6) is -1.49. The summed E-state index contributed by atoms with van der Waals surface area (Å²) in [5, 5.41) is 17.5. The van der Waals surface area contributed by atoms with Crippen LogP contribution in [0.5, 0.6) is 0 Å². The molecule has 1 atom stereocenters. The Bertz CT molecular complexity index is 258. The molecule has 0 aromatic carbocycles. The third-order valence-electron chi connectivity index (χ3n) is 2.67. The van der Waals surface area contributed by atoms with E-state index in [-0.39, 0.29) is 19.6 Å². The summed E-state index contributed by atoms with van der Waals surface area (Å²) >= 11 is 0. The normalized spacial score (nSPS) is 12.2. The molecule has 1 amide bonds. The number of aliphatic hydroxyl groups is 1. The van der Waals surface area contributed by atoms with Crippen LogP contribution in [0.15, 0.2) is 0 Å². The number of hydrogen-bond acceptors (Lipinski definition) is 4. The van der Waals surface area contributed by atoms with Crippen LogP contribution in [0, 0.1) is 0 Å². The van der Waals surface area contributed by atoms with Gasteiger partial charge in [-0.2, -0.15) is 0 Å². The van der Waals surface area contributed by atoms with E-state index in [1.807, 2.05) is 0 Å². The third kappa shape index (κ3) is 7.24. The molecule has 0 heterocycles. The number of carboxylic acids is 1. The summed E-state index contributed by atoms with van der Waals surface area (Å²) in [7, 11) is 0.